The molecule has 1 aromatic rings. The van der Waals surface area contributed by atoms with Crippen LogP contribution < -0.4 is 4.43 Å². The molecule has 5 heteroatoms. The van der Waals surface area contributed by atoms with Gasteiger partial charge in [-0.15, -0.1) is 0 Å². The first-order chi connectivity index (χ1) is 11.4. The highest BCUT2D eigenvalue weighted by Crippen LogP contribution is 2.57. The van der Waals surface area contributed by atoms with E-state index in [0.29, 0.717) is 5.92 Å². The molecule has 0 bridgehead atoms. The Labute approximate surface area is 153 Å². The molecule has 1 fully saturated rings. The van der Waals surface area contributed by atoms with E-state index in [1.54, 1.807) is 7.11 Å². The summed E-state index contributed by atoms with van der Waals surface area (Å²) in [6.07, 6.45) is 0. The van der Waals surface area contributed by atoms with E-state index in [1.165, 1.54) is 0 Å². The van der Waals surface area contributed by atoms with E-state index in [4.69, 9.17) is 18.9 Å². The van der Waals surface area contributed by atoms with Crippen LogP contribution in [0.1, 0.15) is 47.1 Å². The summed E-state index contributed by atoms with van der Waals surface area (Å²) in [6, 6.07) is 9.19. The van der Waals surface area contributed by atoms with E-state index in [9.17, 15) is 0 Å². The van der Waals surface area contributed by atoms with E-state index >= 15 is 0 Å². The molecule has 4 nitrogen and oxygen atoms in total. The highest BCUT2D eigenvalue weighted by atomic mass is 28.4. The fourth-order valence-corrected chi connectivity index (χ4v) is 6.44. The quantitative estimate of drug-likeness (QED) is 0.492. The third-order valence-electron chi connectivity index (χ3n) is 5.20. The highest BCUT2D eigenvalue weighted by molar-refractivity contribution is 6.71. The molecule has 0 spiro atoms. The van der Waals surface area contributed by atoms with E-state index in [1.807, 2.05) is 31.2 Å². The van der Waals surface area contributed by atoms with Crippen molar-refractivity contribution in [2.75, 3.05) is 7.11 Å². The summed E-state index contributed by atoms with van der Waals surface area (Å²) in [7, 11) is -0.0563. The second-order valence-corrected chi connectivity index (χ2v) is 13.4. The Hall–Kier alpha value is -0.883. The van der Waals surface area contributed by atoms with Gasteiger partial charge in [-0.1, -0.05) is 34.6 Å². The van der Waals surface area contributed by atoms with Crippen LogP contribution in [-0.4, -0.2) is 21.0 Å². The Balaban J connectivity index is 2.24. The zero-order chi connectivity index (χ0) is 19.1. The highest BCUT2D eigenvalue weighted by Gasteiger charge is 2.68. The van der Waals surface area contributed by atoms with Gasteiger partial charge in [0.25, 0.3) is 5.79 Å². The Kier molecular flexibility index (Phi) is 5.47. The van der Waals surface area contributed by atoms with E-state index < -0.39 is 19.7 Å². The maximum Gasteiger partial charge on any atom is 0.260 e. The van der Waals surface area contributed by atoms with Crippen molar-refractivity contribution in [2.24, 2.45) is 11.3 Å². The smallest absolute Gasteiger partial charge is 0.260 e. The van der Waals surface area contributed by atoms with Crippen molar-refractivity contribution in [3.8, 4) is 5.75 Å². The molecule has 142 valence electrons. The first kappa shape index (κ1) is 20.4. The minimum atomic E-state index is -1.72. The van der Waals surface area contributed by atoms with Crippen molar-refractivity contribution in [3.63, 3.8) is 0 Å². The molecule has 2 atom stereocenters. The molecule has 1 aliphatic heterocycles. The van der Waals surface area contributed by atoms with Crippen molar-refractivity contribution in [1.82, 2.24) is 0 Å². The molecular formula is C20H34O4Si. The standard InChI is InChI=1S/C20H34O4Si/c1-15(2)14-25(8,9)22-17-12-10-16(11-13-17)20(21-7)19(6,23-24-20)18(3,4)5/h10-13,15H,14H2,1-9H3. The fourth-order valence-electron chi connectivity index (χ4n) is 3.62. The lowest BCUT2D eigenvalue weighted by atomic mass is 9.69. The van der Waals surface area contributed by atoms with Crippen LogP contribution in [-0.2, 0) is 20.3 Å². The fraction of sp³-hybridized carbons (Fsp3) is 0.700. The summed E-state index contributed by atoms with van der Waals surface area (Å²) in [5.41, 5.74) is 0.208. The number of hydrogen-bond acceptors (Lipinski definition) is 4. The summed E-state index contributed by atoms with van der Waals surface area (Å²) in [5.74, 6) is 0.644. The molecule has 0 saturated carbocycles. The van der Waals surface area contributed by atoms with Crippen LogP contribution >= 0.6 is 0 Å². The number of rotatable bonds is 6. The van der Waals surface area contributed by atoms with Gasteiger partial charge in [-0.05, 0) is 61.7 Å². The normalized spacial score (nSPS) is 27.3. The van der Waals surface area contributed by atoms with Gasteiger partial charge in [0.1, 0.15) is 5.75 Å². The minimum absolute atomic E-state index is 0.150. The average molecular weight is 367 g/mol. The van der Waals surface area contributed by atoms with E-state index in [2.05, 4.69) is 47.7 Å². The van der Waals surface area contributed by atoms with Gasteiger partial charge in [0.15, 0.2) is 5.60 Å². The molecule has 2 rings (SSSR count). The number of hydrogen-bond donors (Lipinski definition) is 0. The van der Waals surface area contributed by atoms with Gasteiger partial charge in [-0.3, -0.25) is 0 Å². The summed E-state index contributed by atoms with van der Waals surface area (Å²) in [4.78, 5) is 11.1. The predicted octanol–water partition coefficient (Wildman–Crippen LogP) is 5.49. The Morgan fingerprint density at radius 2 is 1.64 bits per heavy atom. The average Bonchev–Trinajstić information content (AvgIpc) is 2.45. The molecule has 0 amide bonds. The van der Waals surface area contributed by atoms with Gasteiger partial charge in [-0.2, -0.15) is 4.89 Å². The summed E-state index contributed by atoms with van der Waals surface area (Å²) in [5, 5.41) is 0. The topological polar surface area (TPSA) is 36.9 Å². The Morgan fingerprint density at radius 1 is 1.08 bits per heavy atom. The lowest BCUT2D eigenvalue weighted by Gasteiger charge is -2.58. The predicted molar refractivity (Wildman–Crippen MR) is 103 cm³/mol. The Morgan fingerprint density at radius 3 is 2.00 bits per heavy atom. The van der Waals surface area contributed by atoms with Gasteiger partial charge in [0.2, 0.25) is 8.32 Å². The van der Waals surface area contributed by atoms with Crippen LogP contribution in [0.5, 0.6) is 5.75 Å². The van der Waals surface area contributed by atoms with E-state index in [-0.39, 0.29) is 5.41 Å². The second-order valence-electron chi connectivity index (χ2n) is 9.25. The lowest BCUT2D eigenvalue weighted by Crippen LogP contribution is -2.69. The Bertz CT molecular complexity index is 587. The SMILES string of the molecule is COC1(c2ccc(O[Si](C)(C)CC(C)C)cc2)OOC1(C)C(C)(C)C. The van der Waals surface area contributed by atoms with Gasteiger partial charge in [-0.25, -0.2) is 4.89 Å². The zero-order valence-corrected chi connectivity index (χ0v) is 18.2. The molecule has 2 unspecified atom stereocenters. The maximum absolute atomic E-state index is 6.31. The van der Waals surface area contributed by atoms with Crippen LogP contribution in [0.4, 0.5) is 0 Å². The molecule has 1 heterocycles. The number of methoxy groups -OCH3 is 1. The first-order valence-electron chi connectivity index (χ1n) is 9.08. The van der Waals surface area contributed by atoms with Gasteiger partial charge in [0.05, 0.1) is 0 Å². The van der Waals surface area contributed by atoms with Gasteiger partial charge >= 0.3 is 0 Å². The summed E-state index contributed by atoms with van der Waals surface area (Å²) >= 11 is 0. The molecule has 0 N–H and O–H groups in total. The van der Waals surface area contributed by atoms with Crippen LogP contribution in [0.15, 0.2) is 24.3 Å². The maximum atomic E-state index is 6.31. The molecule has 0 aliphatic carbocycles. The van der Waals surface area contributed by atoms with Gasteiger partial charge < -0.3 is 9.16 Å². The molecule has 25 heavy (non-hydrogen) atoms. The number of benzene rings is 1. The molecule has 0 aromatic heterocycles. The van der Waals surface area contributed by atoms with Gasteiger partial charge in [0, 0.05) is 12.7 Å². The molecule has 1 saturated heterocycles. The second kappa shape index (κ2) is 6.69. The van der Waals surface area contributed by atoms with Crippen LogP contribution in [0.3, 0.4) is 0 Å². The minimum Gasteiger partial charge on any atom is -0.544 e. The van der Waals surface area contributed by atoms with E-state index in [0.717, 1.165) is 17.4 Å². The molecule has 1 aromatic carbocycles. The first-order valence-corrected chi connectivity index (χ1v) is 12.2. The third kappa shape index (κ3) is 3.65. The lowest BCUT2D eigenvalue weighted by molar-refractivity contribution is -0.630. The summed E-state index contributed by atoms with van der Waals surface area (Å²) < 4.78 is 12.1. The largest absolute Gasteiger partial charge is 0.544 e. The van der Waals surface area contributed by atoms with Crippen LogP contribution in [0.2, 0.25) is 19.1 Å². The monoisotopic (exact) mass is 366 g/mol. The van der Waals surface area contributed by atoms with Crippen molar-refractivity contribution in [2.45, 2.75) is 72.1 Å². The number of ether oxygens (including phenoxy) is 1. The molecular weight excluding hydrogens is 332 g/mol. The van der Waals surface area contributed by atoms with Crippen molar-refractivity contribution >= 4 is 8.32 Å². The van der Waals surface area contributed by atoms with Crippen molar-refractivity contribution in [3.05, 3.63) is 29.8 Å². The molecule has 0 radical (unpaired) electrons. The van der Waals surface area contributed by atoms with Crippen LogP contribution in [0, 0.1) is 11.3 Å². The zero-order valence-electron chi connectivity index (χ0n) is 17.2. The summed E-state index contributed by atoms with van der Waals surface area (Å²) in [6.45, 7) is 17.4. The van der Waals surface area contributed by atoms with Crippen molar-refractivity contribution in [1.29, 1.82) is 0 Å². The molecule has 1 aliphatic rings. The third-order valence-corrected chi connectivity index (χ3v) is 7.79. The van der Waals surface area contributed by atoms with Crippen LogP contribution in [0.25, 0.3) is 0 Å². The van der Waals surface area contributed by atoms with Crippen molar-refractivity contribution < 1.29 is 18.9 Å².